The molecule has 3 aliphatic heterocycles. The summed E-state index contributed by atoms with van der Waals surface area (Å²) in [7, 11) is 0. The van der Waals surface area contributed by atoms with E-state index in [9.17, 15) is 4.79 Å². The second-order valence-electron chi connectivity index (χ2n) is 8.40. The van der Waals surface area contributed by atoms with Crippen molar-refractivity contribution in [1.29, 1.82) is 0 Å². The van der Waals surface area contributed by atoms with Gasteiger partial charge in [0.15, 0.2) is 0 Å². The number of imidazole rings is 1. The number of rotatable bonds is 3. The van der Waals surface area contributed by atoms with E-state index in [1.807, 2.05) is 6.20 Å². The van der Waals surface area contributed by atoms with E-state index in [2.05, 4.69) is 22.1 Å². The van der Waals surface area contributed by atoms with Crippen molar-refractivity contribution in [2.45, 2.75) is 50.6 Å². The molecule has 0 spiro atoms. The molecule has 1 aromatic rings. The molecule has 4 aliphatic rings. The zero-order valence-corrected chi connectivity index (χ0v) is 15.0. The van der Waals surface area contributed by atoms with Gasteiger partial charge in [-0.15, -0.1) is 0 Å². The number of nitrogens with zero attached hydrogens (tertiary/aromatic N) is 2. The van der Waals surface area contributed by atoms with Crippen molar-refractivity contribution in [2.75, 3.05) is 26.3 Å². The van der Waals surface area contributed by atoms with Gasteiger partial charge in [-0.25, -0.2) is 4.98 Å². The van der Waals surface area contributed by atoms with Crippen LogP contribution >= 0.6 is 0 Å². The molecule has 4 atom stereocenters. The Bertz CT molecular complexity index is 669. The summed E-state index contributed by atoms with van der Waals surface area (Å²) in [5.41, 5.74) is 0.975. The minimum absolute atomic E-state index is 0.204. The van der Waals surface area contributed by atoms with Gasteiger partial charge in [-0.05, 0) is 43.7 Å². The SMILES string of the molecule is CC1CCCn2c1cnc2C1(NC(=O)[C@H]2[C@@H]3CNC[C@@H]32)CCOCC1. The lowest BCUT2D eigenvalue weighted by molar-refractivity contribution is -0.126. The van der Waals surface area contributed by atoms with Gasteiger partial charge >= 0.3 is 0 Å². The third-order valence-corrected chi connectivity index (χ3v) is 6.94. The van der Waals surface area contributed by atoms with E-state index in [0.717, 1.165) is 38.3 Å². The lowest BCUT2D eigenvalue weighted by Gasteiger charge is -2.39. The first kappa shape index (κ1) is 15.8. The van der Waals surface area contributed by atoms with Gasteiger partial charge in [0.25, 0.3) is 0 Å². The van der Waals surface area contributed by atoms with Crippen LogP contribution in [0.2, 0.25) is 0 Å². The van der Waals surface area contributed by atoms with Crippen molar-refractivity contribution in [2.24, 2.45) is 17.8 Å². The Balaban J connectivity index is 1.44. The third kappa shape index (κ3) is 2.45. The summed E-state index contributed by atoms with van der Waals surface area (Å²) in [6, 6.07) is 0. The van der Waals surface area contributed by atoms with Crippen molar-refractivity contribution in [1.82, 2.24) is 20.2 Å². The highest BCUT2D eigenvalue weighted by molar-refractivity contribution is 5.83. The molecule has 2 saturated heterocycles. The van der Waals surface area contributed by atoms with Gasteiger partial charge in [0.1, 0.15) is 11.4 Å². The Morgan fingerprint density at radius 1 is 1.36 bits per heavy atom. The van der Waals surface area contributed by atoms with E-state index >= 15 is 0 Å². The molecule has 5 rings (SSSR count). The average molecular weight is 344 g/mol. The molecule has 1 aromatic heterocycles. The van der Waals surface area contributed by atoms with Gasteiger partial charge in [-0.2, -0.15) is 0 Å². The first-order chi connectivity index (χ1) is 12.2. The zero-order chi connectivity index (χ0) is 17.0. The molecule has 1 saturated carbocycles. The fraction of sp³-hybridized carbons (Fsp3) is 0.789. The molecule has 0 bridgehead atoms. The van der Waals surface area contributed by atoms with Crippen molar-refractivity contribution < 1.29 is 9.53 Å². The molecule has 0 radical (unpaired) electrons. The number of aromatic nitrogens is 2. The Morgan fingerprint density at radius 3 is 2.88 bits per heavy atom. The van der Waals surface area contributed by atoms with E-state index in [4.69, 9.17) is 9.72 Å². The van der Waals surface area contributed by atoms with Crippen molar-refractivity contribution in [3.63, 3.8) is 0 Å². The maximum absolute atomic E-state index is 13.0. The largest absolute Gasteiger partial charge is 0.381 e. The molecule has 2 N–H and O–H groups in total. The molecular formula is C19H28N4O2. The van der Waals surface area contributed by atoms with Crippen LogP contribution in [-0.2, 0) is 21.6 Å². The molecule has 1 amide bonds. The first-order valence-electron chi connectivity index (χ1n) is 9.86. The predicted octanol–water partition coefficient (Wildman–Crippen LogP) is 1.37. The number of ether oxygens (including phenoxy) is 1. The summed E-state index contributed by atoms with van der Waals surface area (Å²) in [6.07, 6.45) is 6.11. The summed E-state index contributed by atoms with van der Waals surface area (Å²) in [5, 5.41) is 6.84. The molecule has 1 unspecified atom stereocenters. The number of carbonyl (C=O) groups is 1. The topological polar surface area (TPSA) is 68.2 Å². The maximum atomic E-state index is 13.0. The van der Waals surface area contributed by atoms with Crippen molar-refractivity contribution in [3.8, 4) is 0 Å². The highest BCUT2D eigenvalue weighted by Crippen LogP contribution is 2.49. The van der Waals surface area contributed by atoms with Crippen LogP contribution in [0.5, 0.6) is 0 Å². The second-order valence-corrected chi connectivity index (χ2v) is 8.40. The summed E-state index contributed by atoms with van der Waals surface area (Å²) in [4.78, 5) is 17.8. The Labute approximate surface area is 148 Å². The minimum atomic E-state index is -0.352. The highest BCUT2D eigenvalue weighted by Gasteiger charge is 2.58. The lowest BCUT2D eigenvalue weighted by atomic mass is 9.87. The van der Waals surface area contributed by atoms with Crippen LogP contribution in [0.1, 0.15) is 50.0 Å². The summed E-state index contributed by atoms with van der Waals surface area (Å²) < 4.78 is 8.01. The third-order valence-electron chi connectivity index (χ3n) is 6.94. The van der Waals surface area contributed by atoms with Crippen molar-refractivity contribution >= 4 is 5.91 Å². The molecule has 25 heavy (non-hydrogen) atoms. The number of nitrogens with one attached hydrogen (secondary N) is 2. The Morgan fingerprint density at radius 2 is 2.12 bits per heavy atom. The molecular weight excluding hydrogens is 316 g/mol. The van der Waals surface area contributed by atoms with Crippen LogP contribution in [0, 0.1) is 17.8 Å². The number of hydrogen-bond acceptors (Lipinski definition) is 4. The maximum Gasteiger partial charge on any atom is 0.224 e. The highest BCUT2D eigenvalue weighted by atomic mass is 16.5. The standard InChI is InChI=1S/C19H28N4O2/c1-12-3-2-6-23-15(12)11-21-18(23)19(4-7-25-8-5-19)22-17(24)16-13-9-20-10-14(13)16/h11-14,16,20H,2-10H2,1H3,(H,22,24)/t12?,13-,14+,16+. The van der Waals surface area contributed by atoms with Crippen LogP contribution in [0.15, 0.2) is 6.20 Å². The fourth-order valence-corrected chi connectivity index (χ4v) is 5.35. The first-order valence-corrected chi connectivity index (χ1v) is 9.86. The van der Waals surface area contributed by atoms with Gasteiger partial charge in [-0.3, -0.25) is 4.79 Å². The summed E-state index contributed by atoms with van der Waals surface area (Å²) in [5.74, 6) is 3.15. The van der Waals surface area contributed by atoms with Crippen LogP contribution in [-0.4, -0.2) is 41.8 Å². The van der Waals surface area contributed by atoms with Crippen LogP contribution in [0.4, 0.5) is 0 Å². The number of hydrogen-bond donors (Lipinski definition) is 2. The van der Waals surface area contributed by atoms with E-state index in [0.29, 0.717) is 31.0 Å². The van der Waals surface area contributed by atoms with Gasteiger partial charge in [0.05, 0.1) is 0 Å². The van der Waals surface area contributed by atoms with Gasteiger partial charge < -0.3 is 19.9 Å². The van der Waals surface area contributed by atoms with E-state index in [1.165, 1.54) is 18.5 Å². The van der Waals surface area contributed by atoms with Crippen LogP contribution in [0.25, 0.3) is 0 Å². The van der Waals surface area contributed by atoms with Gasteiger partial charge in [0.2, 0.25) is 5.91 Å². The molecule has 4 heterocycles. The van der Waals surface area contributed by atoms with E-state index < -0.39 is 0 Å². The van der Waals surface area contributed by atoms with Crippen LogP contribution in [0.3, 0.4) is 0 Å². The Kier molecular flexibility index (Phi) is 3.68. The number of fused-ring (bicyclic) bond motifs is 2. The second kappa shape index (κ2) is 5.81. The van der Waals surface area contributed by atoms with E-state index in [1.54, 1.807) is 0 Å². The number of amides is 1. The summed E-state index contributed by atoms with van der Waals surface area (Å²) >= 11 is 0. The molecule has 3 fully saturated rings. The molecule has 6 nitrogen and oxygen atoms in total. The molecule has 6 heteroatoms. The quantitative estimate of drug-likeness (QED) is 0.869. The monoisotopic (exact) mass is 344 g/mol. The Hall–Kier alpha value is -1.40. The smallest absolute Gasteiger partial charge is 0.224 e. The normalized spacial score (nSPS) is 35.7. The minimum Gasteiger partial charge on any atom is -0.381 e. The zero-order valence-electron chi connectivity index (χ0n) is 15.0. The van der Waals surface area contributed by atoms with Gasteiger partial charge in [-0.1, -0.05) is 6.92 Å². The van der Waals surface area contributed by atoms with Gasteiger partial charge in [0, 0.05) is 50.4 Å². The molecule has 1 aliphatic carbocycles. The summed E-state index contributed by atoms with van der Waals surface area (Å²) in [6.45, 7) is 6.68. The molecule has 136 valence electrons. The van der Waals surface area contributed by atoms with E-state index in [-0.39, 0.29) is 17.4 Å². The average Bonchev–Trinajstić information content (AvgIpc) is 2.98. The van der Waals surface area contributed by atoms with Crippen LogP contribution < -0.4 is 10.6 Å². The fourth-order valence-electron chi connectivity index (χ4n) is 5.35. The number of carbonyl (C=O) groups excluding carboxylic acids is 1. The predicted molar refractivity (Wildman–Crippen MR) is 93.1 cm³/mol. The molecule has 0 aromatic carbocycles. The lowest BCUT2D eigenvalue weighted by Crippen LogP contribution is -2.52. The number of piperidine rings is 1. The van der Waals surface area contributed by atoms with Crippen molar-refractivity contribution in [3.05, 3.63) is 17.7 Å².